The van der Waals surface area contributed by atoms with E-state index < -0.39 is 22.7 Å². The molecule has 96 valence electrons. The zero-order valence-corrected chi connectivity index (χ0v) is 8.80. The monoisotopic (exact) mass is 255 g/mol. The van der Waals surface area contributed by atoms with E-state index in [2.05, 4.69) is 15.0 Å². The number of H-pyrrole nitrogens is 3. The van der Waals surface area contributed by atoms with E-state index in [0.717, 1.165) is 12.4 Å². The second-order valence-corrected chi connectivity index (χ2v) is 2.93. The molecule has 0 amide bonds. The van der Waals surface area contributed by atoms with Crippen molar-refractivity contribution in [2.75, 3.05) is 5.73 Å². The molecule has 0 aliphatic rings. The maximum atomic E-state index is 10.3. The van der Waals surface area contributed by atoms with Crippen LogP contribution in [-0.4, -0.2) is 30.1 Å². The van der Waals surface area contributed by atoms with E-state index in [1.54, 1.807) is 0 Å². The maximum absolute atomic E-state index is 10.3. The molecule has 0 unspecified atom stereocenters. The van der Waals surface area contributed by atoms with Crippen LogP contribution in [0.4, 0.5) is 5.82 Å². The van der Waals surface area contributed by atoms with Gasteiger partial charge in [0.15, 0.2) is 17.3 Å². The molecule has 0 radical (unpaired) electrons. The first-order chi connectivity index (χ1) is 8.40. The summed E-state index contributed by atoms with van der Waals surface area (Å²) in [5.74, 6) is -0.858. The summed E-state index contributed by atoms with van der Waals surface area (Å²) in [4.78, 5) is 40.1. The molecule has 0 aliphatic carbocycles. The Labute approximate surface area is 97.8 Å². The van der Waals surface area contributed by atoms with E-state index in [-0.39, 0.29) is 11.6 Å². The molecule has 0 fully saturated rings. The van der Waals surface area contributed by atoms with Crippen LogP contribution < -0.4 is 22.7 Å². The molecule has 0 aliphatic heterocycles. The highest BCUT2D eigenvalue weighted by atomic mass is 16.3. The predicted molar refractivity (Wildman–Crippen MR) is 60.3 cm³/mol. The van der Waals surface area contributed by atoms with Crippen LogP contribution in [0.2, 0.25) is 0 Å². The summed E-state index contributed by atoms with van der Waals surface area (Å²) in [5.41, 5.74) is 3.07. The Kier molecular flexibility index (Phi) is 3.86. The molecule has 10 nitrogen and oxygen atoms in total. The number of nitrogens with zero attached hydrogens (tertiary/aromatic N) is 1. The highest BCUT2D eigenvalue weighted by Crippen LogP contribution is 2.09. The number of anilines is 1. The van der Waals surface area contributed by atoms with Crippen molar-refractivity contribution < 1.29 is 10.2 Å². The first-order valence-corrected chi connectivity index (χ1v) is 4.45. The lowest BCUT2D eigenvalue weighted by Crippen LogP contribution is -2.20. The summed E-state index contributed by atoms with van der Waals surface area (Å²) >= 11 is 0. The minimum Gasteiger partial charge on any atom is -0.503 e. The molecule has 2 rings (SSSR count). The van der Waals surface area contributed by atoms with Gasteiger partial charge in [0.25, 0.3) is 5.56 Å². The van der Waals surface area contributed by atoms with E-state index >= 15 is 0 Å². The molecule has 0 atom stereocenters. The highest BCUT2D eigenvalue weighted by Gasteiger charge is 1.94. The molecule has 2 aromatic heterocycles. The third-order valence-electron chi connectivity index (χ3n) is 1.62. The lowest BCUT2D eigenvalue weighted by atomic mass is 10.5. The first-order valence-electron chi connectivity index (χ1n) is 4.45. The van der Waals surface area contributed by atoms with Gasteiger partial charge in [-0.05, 0) is 0 Å². The minimum atomic E-state index is -0.779. The van der Waals surface area contributed by atoms with Gasteiger partial charge in [-0.25, -0.2) is 9.59 Å². The van der Waals surface area contributed by atoms with Crippen molar-refractivity contribution in [1.82, 2.24) is 19.9 Å². The molecule has 0 saturated heterocycles. The molecule has 18 heavy (non-hydrogen) atoms. The molecule has 0 aromatic carbocycles. The number of nitrogen functional groups attached to an aromatic ring is 1. The zero-order valence-electron chi connectivity index (χ0n) is 8.80. The number of nitrogens with two attached hydrogens (primary N) is 1. The maximum Gasteiger partial charge on any atom is 0.347 e. The van der Waals surface area contributed by atoms with Gasteiger partial charge < -0.3 is 25.9 Å². The zero-order chi connectivity index (χ0) is 13.7. The van der Waals surface area contributed by atoms with Crippen LogP contribution in [-0.2, 0) is 0 Å². The molecule has 7 N–H and O–H groups in total. The lowest BCUT2D eigenvalue weighted by molar-refractivity contribution is 0.462. The summed E-state index contributed by atoms with van der Waals surface area (Å²) in [7, 11) is 0. The van der Waals surface area contributed by atoms with Crippen molar-refractivity contribution in [2.45, 2.75) is 0 Å². The Bertz CT molecular complexity index is 700. The smallest absolute Gasteiger partial charge is 0.347 e. The molecular weight excluding hydrogens is 246 g/mol. The topological polar surface area (TPSA) is 178 Å². The number of aromatic amines is 3. The van der Waals surface area contributed by atoms with Gasteiger partial charge in [-0.2, -0.15) is 4.98 Å². The fourth-order valence-corrected chi connectivity index (χ4v) is 0.806. The molecule has 0 spiro atoms. The van der Waals surface area contributed by atoms with Gasteiger partial charge in [0.2, 0.25) is 0 Å². The molecule has 0 bridgehead atoms. The SMILES string of the molecule is Nc1nc(=O)[nH]cc1O.O=c1[nH]cc(O)c(=O)[nH]1. The van der Waals surface area contributed by atoms with E-state index in [1.165, 1.54) is 0 Å². The number of aromatic hydroxyl groups is 2. The van der Waals surface area contributed by atoms with Gasteiger partial charge in [-0.3, -0.25) is 9.78 Å². The Morgan fingerprint density at radius 1 is 1.06 bits per heavy atom. The fraction of sp³-hybridized carbons (Fsp3) is 0. The summed E-state index contributed by atoms with van der Waals surface area (Å²) in [6.45, 7) is 0. The van der Waals surface area contributed by atoms with Crippen molar-refractivity contribution in [3.8, 4) is 11.5 Å². The number of hydrogen-bond acceptors (Lipinski definition) is 7. The summed E-state index contributed by atoms with van der Waals surface area (Å²) in [5, 5.41) is 17.2. The van der Waals surface area contributed by atoms with Gasteiger partial charge in [-0.1, -0.05) is 0 Å². The Morgan fingerprint density at radius 3 is 2.11 bits per heavy atom. The van der Waals surface area contributed by atoms with Crippen LogP contribution in [0.3, 0.4) is 0 Å². The third-order valence-corrected chi connectivity index (χ3v) is 1.62. The number of aromatic nitrogens is 4. The van der Waals surface area contributed by atoms with E-state index in [4.69, 9.17) is 15.9 Å². The van der Waals surface area contributed by atoms with Crippen molar-refractivity contribution in [1.29, 1.82) is 0 Å². The van der Waals surface area contributed by atoms with E-state index in [1.807, 2.05) is 4.98 Å². The van der Waals surface area contributed by atoms with E-state index in [0.29, 0.717) is 0 Å². The van der Waals surface area contributed by atoms with Gasteiger partial charge in [-0.15, -0.1) is 0 Å². The second-order valence-electron chi connectivity index (χ2n) is 2.93. The Balaban J connectivity index is 0.000000180. The van der Waals surface area contributed by atoms with Gasteiger partial charge in [0.05, 0.1) is 12.4 Å². The van der Waals surface area contributed by atoms with Crippen LogP contribution >= 0.6 is 0 Å². The number of hydrogen-bond donors (Lipinski definition) is 6. The Hall–Kier alpha value is -3.04. The van der Waals surface area contributed by atoms with Crippen molar-refractivity contribution >= 4 is 5.82 Å². The Morgan fingerprint density at radius 2 is 1.67 bits per heavy atom. The first kappa shape index (κ1) is 13.0. The second kappa shape index (κ2) is 5.34. The van der Waals surface area contributed by atoms with Crippen molar-refractivity contribution in [2.24, 2.45) is 0 Å². The summed E-state index contributed by atoms with van der Waals surface area (Å²) in [6, 6.07) is 0. The lowest BCUT2D eigenvalue weighted by Gasteiger charge is -1.91. The van der Waals surface area contributed by atoms with Crippen LogP contribution in [0.25, 0.3) is 0 Å². The molecule has 10 heteroatoms. The van der Waals surface area contributed by atoms with Crippen molar-refractivity contribution in [3.63, 3.8) is 0 Å². The van der Waals surface area contributed by atoms with Gasteiger partial charge in [0, 0.05) is 0 Å². The molecular formula is C8H9N5O5. The molecule has 2 aromatic rings. The predicted octanol–water partition coefficient (Wildman–Crippen LogP) is -2.17. The fourth-order valence-electron chi connectivity index (χ4n) is 0.806. The quantitative estimate of drug-likeness (QED) is 0.310. The largest absolute Gasteiger partial charge is 0.503 e. The number of nitrogens with one attached hydrogen (secondary N) is 3. The standard InChI is InChI=1S/C4H5N3O2.C4H4N2O3/c5-3-2(8)1-6-4(9)7-3;7-2-1-5-4(9)6-3(2)8/h1,8H,(H3,5,6,7,9);1,7H,(H2,5,6,8,9). The van der Waals surface area contributed by atoms with Crippen LogP contribution in [0.15, 0.2) is 26.8 Å². The van der Waals surface area contributed by atoms with Gasteiger partial charge >= 0.3 is 11.4 Å². The number of rotatable bonds is 0. The minimum absolute atomic E-state index is 0.154. The van der Waals surface area contributed by atoms with E-state index in [9.17, 15) is 14.4 Å². The normalized spacial score (nSPS) is 9.33. The average Bonchev–Trinajstić information content (AvgIpc) is 2.30. The molecule has 0 saturated carbocycles. The van der Waals surface area contributed by atoms with Crippen molar-refractivity contribution in [3.05, 3.63) is 43.7 Å². The highest BCUT2D eigenvalue weighted by molar-refractivity contribution is 5.41. The summed E-state index contributed by atoms with van der Waals surface area (Å²) < 4.78 is 0. The molecule has 2 heterocycles. The third kappa shape index (κ3) is 3.52. The van der Waals surface area contributed by atoms with Crippen LogP contribution in [0.5, 0.6) is 11.5 Å². The summed E-state index contributed by atoms with van der Waals surface area (Å²) in [6.07, 6.45) is 2.02. The van der Waals surface area contributed by atoms with Crippen LogP contribution in [0.1, 0.15) is 0 Å². The average molecular weight is 255 g/mol. The van der Waals surface area contributed by atoms with Gasteiger partial charge in [0.1, 0.15) is 0 Å². The van der Waals surface area contributed by atoms with Crippen LogP contribution in [0, 0.1) is 0 Å².